The molecule has 7 nitrogen and oxygen atoms in total. The fourth-order valence-corrected chi connectivity index (χ4v) is 4.72. The highest BCUT2D eigenvalue weighted by atomic mass is 32.2. The van der Waals surface area contributed by atoms with Crippen molar-refractivity contribution in [1.29, 1.82) is 0 Å². The molecule has 0 fully saturated rings. The number of amides is 1. The number of hydrogen-bond acceptors (Lipinski definition) is 6. The number of benzene rings is 2. The molecular weight excluding hydrogens is 400 g/mol. The van der Waals surface area contributed by atoms with Gasteiger partial charge in [0.1, 0.15) is 11.5 Å². The number of sulfonamides is 1. The largest absolute Gasteiger partial charge is 0.494 e. The first-order valence-electron chi connectivity index (χ1n) is 8.92. The lowest BCUT2D eigenvalue weighted by atomic mass is 10.3. The SMILES string of the molecule is CCOc1ccc(OCC)c(NS(=O)(=O)c2ccc3c(c2)NC(=O)CCS3)c1. The van der Waals surface area contributed by atoms with E-state index in [0.29, 0.717) is 48.3 Å². The van der Waals surface area contributed by atoms with Crippen LogP contribution < -0.4 is 19.5 Å². The van der Waals surface area contributed by atoms with Crippen LogP contribution in [0, 0.1) is 0 Å². The Balaban J connectivity index is 1.94. The van der Waals surface area contributed by atoms with Gasteiger partial charge < -0.3 is 14.8 Å². The Morgan fingerprint density at radius 2 is 1.89 bits per heavy atom. The summed E-state index contributed by atoms with van der Waals surface area (Å²) < 4.78 is 39.5. The lowest BCUT2D eigenvalue weighted by molar-refractivity contribution is -0.115. The summed E-state index contributed by atoms with van der Waals surface area (Å²) in [6.45, 7) is 4.52. The predicted molar refractivity (Wildman–Crippen MR) is 110 cm³/mol. The highest BCUT2D eigenvalue weighted by Gasteiger charge is 2.21. The summed E-state index contributed by atoms with van der Waals surface area (Å²) in [7, 11) is -3.89. The minimum Gasteiger partial charge on any atom is -0.494 e. The third-order valence-corrected chi connectivity index (χ3v) is 6.37. The summed E-state index contributed by atoms with van der Waals surface area (Å²) in [6.07, 6.45) is 0.390. The minimum absolute atomic E-state index is 0.0540. The molecule has 0 spiro atoms. The normalized spacial score (nSPS) is 13.9. The first-order chi connectivity index (χ1) is 13.4. The van der Waals surface area contributed by atoms with Crippen LogP contribution in [0.3, 0.4) is 0 Å². The van der Waals surface area contributed by atoms with Gasteiger partial charge in [-0.2, -0.15) is 0 Å². The van der Waals surface area contributed by atoms with Gasteiger partial charge in [-0.25, -0.2) is 8.42 Å². The van der Waals surface area contributed by atoms with Crippen LogP contribution in [0.15, 0.2) is 46.2 Å². The molecule has 28 heavy (non-hydrogen) atoms. The third-order valence-electron chi connectivity index (χ3n) is 3.93. The molecule has 2 aromatic rings. The van der Waals surface area contributed by atoms with Crippen molar-refractivity contribution in [3.63, 3.8) is 0 Å². The molecule has 0 aliphatic carbocycles. The van der Waals surface area contributed by atoms with Crippen molar-refractivity contribution in [2.75, 3.05) is 29.0 Å². The van der Waals surface area contributed by atoms with Gasteiger partial charge in [-0.1, -0.05) is 0 Å². The van der Waals surface area contributed by atoms with Gasteiger partial charge in [-0.3, -0.25) is 9.52 Å². The van der Waals surface area contributed by atoms with E-state index in [0.717, 1.165) is 4.90 Å². The molecule has 1 aliphatic heterocycles. The maximum absolute atomic E-state index is 13.0. The standard InChI is InChI=1S/C19H22N2O5S2/c1-3-25-13-5-7-17(26-4-2)15(11-13)21-28(23,24)14-6-8-18-16(12-14)20-19(22)9-10-27-18/h5-8,11-12,21H,3-4,9-10H2,1-2H3,(H,20,22). The molecule has 1 heterocycles. The molecule has 0 saturated carbocycles. The van der Waals surface area contributed by atoms with Crippen molar-refractivity contribution in [2.45, 2.75) is 30.1 Å². The molecule has 1 aliphatic rings. The first kappa shape index (κ1) is 20.3. The maximum atomic E-state index is 13.0. The second kappa shape index (κ2) is 8.74. The zero-order valence-corrected chi connectivity index (χ0v) is 17.3. The number of thioether (sulfide) groups is 1. The van der Waals surface area contributed by atoms with E-state index in [-0.39, 0.29) is 10.8 Å². The number of anilines is 2. The lowest BCUT2D eigenvalue weighted by Gasteiger charge is -2.15. The highest BCUT2D eigenvalue weighted by molar-refractivity contribution is 7.99. The summed E-state index contributed by atoms with van der Waals surface area (Å²) in [6, 6.07) is 9.69. The smallest absolute Gasteiger partial charge is 0.262 e. The van der Waals surface area contributed by atoms with Crippen molar-refractivity contribution in [3.05, 3.63) is 36.4 Å². The molecule has 0 saturated heterocycles. The Labute approximate surface area is 168 Å². The fraction of sp³-hybridized carbons (Fsp3) is 0.316. The third kappa shape index (κ3) is 4.71. The van der Waals surface area contributed by atoms with Crippen molar-refractivity contribution in [2.24, 2.45) is 0 Å². The Kier molecular flexibility index (Phi) is 6.35. The average Bonchev–Trinajstić information content (AvgIpc) is 2.83. The van der Waals surface area contributed by atoms with Gasteiger partial charge in [0.2, 0.25) is 5.91 Å². The van der Waals surface area contributed by atoms with E-state index >= 15 is 0 Å². The number of fused-ring (bicyclic) bond motifs is 1. The molecular formula is C19H22N2O5S2. The monoisotopic (exact) mass is 422 g/mol. The van der Waals surface area contributed by atoms with E-state index in [4.69, 9.17) is 9.47 Å². The van der Waals surface area contributed by atoms with E-state index < -0.39 is 10.0 Å². The molecule has 2 aromatic carbocycles. The first-order valence-corrected chi connectivity index (χ1v) is 11.4. The summed E-state index contributed by atoms with van der Waals surface area (Å²) in [5.74, 6) is 1.48. The van der Waals surface area contributed by atoms with E-state index in [1.54, 1.807) is 24.3 Å². The van der Waals surface area contributed by atoms with Crippen molar-refractivity contribution in [1.82, 2.24) is 0 Å². The molecule has 150 valence electrons. The number of nitrogens with one attached hydrogen (secondary N) is 2. The number of rotatable bonds is 7. The summed E-state index contributed by atoms with van der Waals surface area (Å²) in [5.41, 5.74) is 0.796. The minimum atomic E-state index is -3.89. The average molecular weight is 423 g/mol. The van der Waals surface area contributed by atoms with Crippen molar-refractivity contribution in [3.8, 4) is 11.5 Å². The Hall–Kier alpha value is -2.39. The van der Waals surface area contributed by atoms with Gasteiger partial charge in [0.25, 0.3) is 10.0 Å². The maximum Gasteiger partial charge on any atom is 0.262 e. The molecule has 2 N–H and O–H groups in total. The van der Waals surface area contributed by atoms with Crippen LogP contribution in [-0.2, 0) is 14.8 Å². The summed E-state index contributed by atoms with van der Waals surface area (Å²) in [4.78, 5) is 12.7. The molecule has 0 radical (unpaired) electrons. The molecule has 0 aromatic heterocycles. The molecule has 0 atom stereocenters. The van der Waals surface area contributed by atoms with Crippen LogP contribution in [0.2, 0.25) is 0 Å². The van der Waals surface area contributed by atoms with Gasteiger partial charge >= 0.3 is 0 Å². The van der Waals surface area contributed by atoms with Crippen LogP contribution in [0.4, 0.5) is 11.4 Å². The van der Waals surface area contributed by atoms with Crippen LogP contribution >= 0.6 is 11.8 Å². The fourth-order valence-electron chi connectivity index (χ4n) is 2.70. The second-order valence-corrected chi connectivity index (χ2v) is 8.75. The Bertz CT molecular complexity index is 976. The number of hydrogen-bond donors (Lipinski definition) is 2. The van der Waals surface area contributed by atoms with Crippen LogP contribution in [0.5, 0.6) is 11.5 Å². The van der Waals surface area contributed by atoms with Gasteiger partial charge in [0, 0.05) is 23.1 Å². The van der Waals surface area contributed by atoms with Gasteiger partial charge in [-0.05, 0) is 44.2 Å². The zero-order chi connectivity index (χ0) is 20.1. The van der Waals surface area contributed by atoms with E-state index in [2.05, 4.69) is 10.0 Å². The van der Waals surface area contributed by atoms with Crippen molar-refractivity contribution < 1.29 is 22.7 Å². The van der Waals surface area contributed by atoms with Crippen LogP contribution in [-0.4, -0.2) is 33.3 Å². The van der Waals surface area contributed by atoms with Crippen molar-refractivity contribution >= 4 is 39.1 Å². The number of ether oxygens (including phenoxy) is 2. The molecule has 0 unspecified atom stereocenters. The molecule has 3 rings (SSSR count). The number of carbonyl (C=O) groups excluding carboxylic acids is 1. The quantitative estimate of drug-likeness (QED) is 0.706. The van der Waals surface area contributed by atoms with E-state index in [1.807, 2.05) is 13.8 Å². The topological polar surface area (TPSA) is 93.7 Å². The summed E-state index contributed by atoms with van der Waals surface area (Å²) in [5, 5.41) is 2.76. The van der Waals surface area contributed by atoms with Crippen LogP contribution in [0.25, 0.3) is 0 Å². The summed E-state index contributed by atoms with van der Waals surface area (Å²) >= 11 is 1.52. The number of carbonyl (C=O) groups is 1. The molecule has 9 heteroatoms. The Morgan fingerprint density at radius 3 is 2.64 bits per heavy atom. The van der Waals surface area contributed by atoms with Crippen LogP contribution in [0.1, 0.15) is 20.3 Å². The molecule has 1 amide bonds. The molecule has 0 bridgehead atoms. The van der Waals surface area contributed by atoms with Gasteiger partial charge in [0.15, 0.2) is 0 Å². The van der Waals surface area contributed by atoms with E-state index in [9.17, 15) is 13.2 Å². The van der Waals surface area contributed by atoms with Gasteiger partial charge in [-0.15, -0.1) is 11.8 Å². The zero-order valence-electron chi connectivity index (χ0n) is 15.7. The highest BCUT2D eigenvalue weighted by Crippen LogP contribution is 2.35. The van der Waals surface area contributed by atoms with E-state index in [1.165, 1.54) is 23.9 Å². The predicted octanol–water partition coefficient (Wildman–Crippen LogP) is 3.72. The van der Waals surface area contributed by atoms with Gasteiger partial charge in [0.05, 0.1) is 29.5 Å². The second-order valence-electron chi connectivity index (χ2n) is 5.93. The Morgan fingerprint density at radius 1 is 1.11 bits per heavy atom. The lowest BCUT2D eigenvalue weighted by Crippen LogP contribution is -2.15.